The Bertz CT molecular complexity index is 1290. The molecule has 2 heterocycles. The third-order valence-electron chi connectivity index (χ3n) is 5.36. The van der Waals surface area contributed by atoms with Crippen LogP contribution in [-0.4, -0.2) is 37.0 Å². The Kier molecular flexibility index (Phi) is 5.54. The number of pyridine rings is 1. The zero-order chi connectivity index (χ0) is 23.1. The van der Waals surface area contributed by atoms with Gasteiger partial charge >= 0.3 is 6.18 Å². The molecular weight excluding hydrogens is 441 g/mol. The first-order valence-corrected chi connectivity index (χ1v) is 11.7. The van der Waals surface area contributed by atoms with Gasteiger partial charge in [0.15, 0.2) is 9.84 Å². The van der Waals surface area contributed by atoms with Crippen LogP contribution in [-0.2, 0) is 29.0 Å². The molecule has 0 radical (unpaired) electrons. The number of aromatic nitrogens is 1. The van der Waals surface area contributed by atoms with Crippen molar-refractivity contribution in [2.24, 2.45) is 0 Å². The van der Waals surface area contributed by atoms with Crippen molar-refractivity contribution in [3.63, 3.8) is 0 Å². The molecule has 2 aromatic carbocycles. The first kappa shape index (κ1) is 22.0. The van der Waals surface area contributed by atoms with Gasteiger partial charge in [-0.15, -0.1) is 0 Å². The molecule has 1 aliphatic rings. The lowest BCUT2D eigenvalue weighted by Crippen LogP contribution is -2.37. The van der Waals surface area contributed by atoms with Gasteiger partial charge < -0.3 is 4.90 Å². The lowest BCUT2D eigenvalue weighted by Gasteiger charge is -2.29. The number of fused-ring (bicyclic) bond motifs is 1. The van der Waals surface area contributed by atoms with E-state index < -0.39 is 21.7 Å². The number of amides is 1. The molecule has 32 heavy (non-hydrogen) atoms. The predicted molar refractivity (Wildman–Crippen MR) is 113 cm³/mol. The van der Waals surface area contributed by atoms with Crippen molar-refractivity contribution in [2.45, 2.75) is 24.0 Å². The van der Waals surface area contributed by atoms with Crippen LogP contribution < -0.4 is 0 Å². The highest BCUT2D eigenvalue weighted by atomic mass is 32.2. The van der Waals surface area contributed by atoms with Gasteiger partial charge in [-0.25, -0.2) is 13.4 Å². The van der Waals surface area contributed by atoms with E-state index in [4.69, 9.17) is 0 Å². The number of hydrogen-bond acceptors (Lipinski definition) is 4. The number of halogens is 3. The molecule has 0 unspecified atom stereocenters. The van der Waals surface area contributed by atoms with Crippen molar-refractivity contribution in [2.75, 3.05) is 12.8 Å². The Hall–Kier alpha value is -3.20. The molecule has 5 nitrogen and oxygen atoms in total. The monoisotopic (exact) mass is 460 g/mol. The summed E-state index contributed by atoms with van der Waals surface area (Å²) < 4.78 is 63.0. The van der Waals surface area contributed by atoms with Gasteiger partial charge in [-0.3, -0.25) is 4.79 Å². The number of nitrogens with zero attached hydrogens (tertiary/aromatic N) is 2. The summed E-state index contributed by atoms with van der Waals surface area (Å²) in [5, 5.41) is 0. The molecular formula is C23H19F3N2O3S. The number of rotatable bonds is 3. The van der Waals surface area contributed by atoms with Crippen molar-refractivity contribution in [3.8, 4) is 11.1 Å². The quantitative estimate of drug-likeness (QED) is 0.582. The van der Waals surface area contributed by atoms with Gasteiger partial charge in [0.2, 0.25) is 0 Å². The van der Waals surface area contributed by atoms with Crippen molar-refractivity contribution >= 4 is 15.7 Å². The van der Waals surface area contributed by atoms with Crippen LogP contribution in [0.5, 0.6) is 0 Å². The maximum atomic E-state index is 13.4. The largest absolute Gasteiger partial charge is 0.433 e. The number of carbonyl (C=O) groups excluding carboxylic acids is 1. The topological polar surface area (TPSA) is 67.3 Å². The molecule has 1 amide bonds. The van der Waals surface area contributed by atoms with E-state index in [0.29, 0.717) is 16.8 Å². The number of benzene rings is 2. The summed E-state index contributed by atoms with van der Waals surface area (Å²) in [6.07, 6.45) is -3.28. The van der Waals surface area contributed by atoms with E-state index in [1.807, 2.05) is 30.3 Å². The Morgan fingerprint density at radius 2 is 1.75 bits per heavy atom. The van der Waals surface area contributed by atoms with Crippen LogP contribution in [0, 0.1) is 0 Å². The molecule has 1 aromatic heterocycles. The van der Waals surface area contributed by atoms with Gasteiger partial charge in [-0.1, -0.05) is 42.5 Å². The van der Waals surface area contributed by atoms with E-state index in [9.17, 15) is 26.4 Å². The lowest BCUT2D eigenvalue weighted by molar-refractivity contribution is -0.141. The Labute approximate surface area is 183 Å². The average Bonchev–Trinajstić information content (AvgIpc) is 2.77. The zero-order valence-corrected chi connectivity index (χ0v) is 17.9. The fourth-order valence-corrected chi connectivity index (χ4v) is 4.37. The van der Waals surface area contributed by atoms with Gasteiger partial charge in [-0.05, 0) is 34.9 Å². The predicted octanol–water partition coefficient (Wildman–Crippen LogP) is 4.37. The number of hydrogen-bond donors (Lipinski definition) is 0. The van der Waals surface area contributed by atoms with E-state index >= 15 is 0 Å². The van der Waals surface area contributed by atoms with Gasteiger partial charge in [0.25, 0.3) is 5.91 Å². The summed E-state index contributed by atoms with van der Waals surface area (Å²) in [7, 11) is -3.54. The molecule has 0 N–H and O–H groups in total. The number of carbonyl (C=O) groups is 1. The van der Waals surface area contributed by atoms with Crippen LogP contribution in [0.2, 0.25) is 0 Å². The van der Waals surface area contributed by atoms with Crippen molar-refractivity contribution in [1.29, 1.82) is 0 Å². The standard InChI is InChI=1S/C23H19F3N2O3S/c1-32(30,31)17-8-9-18(15-5-3-2-4-6-15)19(13-17)22(29)28-12-11-20-16(14-28)7-10-21(27-20)23(24,25)26/h2-10,13H,11-12,14H2,1H3. The van der Waals surface area contributed by atoms with Gasteiger partial charge in [-0.2, -0.15) is 13.2 Å². The first-order chi connectivity index (χ1) is 15.0. The molecule has 0 saturated carbocycles. The minimum Gasteiger partial charge on any atom is -0.334 e. The summed E-state index contributed by atoms with van der Waals surface area (Å²) in [5.74, 6) is -0.389. The molecule has 3 aromatic rings. The Balaban J connectivity index is 1.71. The fourth-order valence-electron chi connectivity index (χ4n) is 3.72. The highest BCUT2D eigenvalue weighted by Gasteiger charge is 2.34. The van der Waals surface area contributed by atoms with Crippen LogP contribution in [0.4, 0.5) is 13.2 Å². The second-order valence-electron chi connectivity index (χ2n) is 7.62. The lowest BCUT2D eigenvalue weighted by atomic mass is 9.97. The van der Waals surface area contributed by atoms with E-state index in [1.54, 1.807) is 6.07 Å². The number of alkyl halides is 3. The van der Waals surface area contributed by atoms with Crippen molar-refractivity contribution < 1.29 is 26.4 Å². The SMILES string of the molecule is CS(=O)(=O)c1ccc(-c2ccccc2)c(C(=O)N2CCc3nc(C(F)(F)F)ccc3C2)c1. The van der Waals surface area contributed by atoms with Crippen LogP contribution >= 0.6 is 0 Å². The van der Waals surface area contributed by atoms with Gasteiger partial charge in [0, 0.05) is 37.0 Å². The molecule has 0 bridgehead atoms. The van der Waals surface area contributed by atoms with Crippen LogP contribution in [0.15, 0.2) is 65.6 Å². The maximum absolute atomic E-state index is 13.4. The molecule has 166 valence electrons. The molecule has 0 fully saturated rings. The Morgan fingerprint density at radius 1 is 1.03 bits per heavy atom. The summed E-state index contributed by atoms with van der Waals surface area (Å²) in [5.41, 5.74) is 1.46. The minimum atomic E-state index is -4.53. The van der Waals surface area contributed by atoms with E-state index in [-0.39, 0.29) is 35.9 Å². The third kappa shape index (κ3) is 4.38. The molecule has 4 rings (SSSR count). The normalized spacial score (nSPS) is 14.2. The molecule has 0 saturated heterocycles. The molecule has 1 aliphatic heterocycles. The second-order valence-corrected chi connectivity index (χ2v) is 9.64. The van der Waals surface area contributed by atoms with E-state index in [1.165, 1.54) is 23.1 Å². The van der Waals surface area contributed by atoms with Crippen molar-refractivity contribution in [1.82, 2.24) is 9.88 Å². The average molecular weight is 460 g/mol. The van der Waals surface area contributed by atoms with Crippen molar-refractivity contribution in [3.05, 3.63) is 83.2 Å². The molecule has 9 heteroatoms. The Morgan fingerprint density at radius 3 is 2.41 bits per heavy atom. The first-order valence-electron chi connectivity index (χ1n) is 9.79. The fraction of sp³-hybridized carbons (Fsp3) is 0.217. The summed E-state index contributed by atoms with van der Waals surface area (Å²) in [6, 6.07) is 15.8. The highest BCUT2D eigenvalue weighted by Crippen LogP contribution is 2.31. The third-order valence-corrected chi connectivity index (χ3v) is 6.47. The van der Waals surface area contributed by atoms with Crippen LogP contribution in [0.25, 0.3) is 11.1 Å². The molecule has 0 spiro atoms. The summed E-state index contributed by atoms with van der Waals surface area (Å²) in [6.45, 7) is 0.272. The van der Waals surface area contributed by atoms with E-state index in [2.05, 4.69) is 4.98 Å². The van der Waals surface area contributed by atoms with E-state index in [0.717, 1.165) is 17.9 Å². The number of sulfone groups is 1. The van der Waals surface area contributed by atoms with Crippen LogP contribution in [0.1, 0.15) is 27.3 Å². The minimum absolute atomic E-state index is 0.0226. The van der Waals surface area contributed by atoms with Gasteiger partial charge in [0.05, 0.1) is 4.90 Å². The second kappa shape index (κ2) is 8.05. The van der Waals surface area contributed by atoms with Crippen LogP contribution in [0.3, 0.4) is 0 Å². The molecule has 0 atom stereocenters. The zero-order valence-electron chi connectivity index (χ0n) is 17.1. The van der Waals surface area contributed by atoms with Gasteiger partial charge in [0.1, 0.15) is 5.69 Å². The summed E-state index contributed by atoms with van der Waals surface area (Å²) >= 11 is 0. The smallest absolute Gasteiger partial charge is 0.334 e. The highest BCUT2D eigenvalue weighted by molar-refractivity contribution is 7.90. The summed E-state index contributed by atoms with van der Waals surface area (Å²) in [4.78, 5) is 18.7. The molecule has 0 aliphatic carbocycles. The maximum Gasteiger partial charge on any atom is 0.433 e.